The molecule has 2 aromatic rings. The SMILES string of the molecule is Fc1ccc(-c2ncc(C3CNC3)o2)cc1. The molecule has 1 aromatic carbocycles. The Balaban J connectivity index is 1.88. The fourth-order valence-electron chi connectivity index (χ4n) is 1.69. The summed E-state index contributed by atoms with van der Waals surface area (Å²) in [6.45, 7) is 1.89. The van der Waals surface area contributed by atoms with Gasteiger partial charge in [-0.1, -0.05) is 0 Å². The minimum absolute atomic E-state index is 0.251. The highest BCUT2D eigenvalue weighted by Crippen LogP contribution is 2.25. The molecule has 0 amide bonds. The van der Waals surface area contributed by atoms with Gasteiger partial charge >= 0.3 is 0 Å². The smallest absolute Gasteiger partial charge is 0.226 e. The number of oxazole rings is 1. The maximum absolute atomic E-state index is 12.7. The fraction of sp³-hybridized carbons (Fsp3) is 0.250. The van der Waals surface area contributed by atoms with Gasteiger partial charge in [0.15, 0.2) is 0 Å². The van der Waals surface area contributed by atoms with Crippen LogP contribution in [0.1, 0.15) is 11.7 Å². The number of halogens is 1. The lowest BCUT2D eigenvalue weighted by atomic mass is 10.0. The number of hydrogen-bond donors (Lipinski definition) is 1. The largest absolute Gasteiger partial charge is 0.441 e. The van der Waals surface area contributed by atoms with Crippen LogP contribution in [0, 0.1) is 5.82 Å². The average Bonchev–Trinajstić information content (AvgIpc) is 2.65. The first kappa shape index (κ1) is 9.54. The molecule has 0 saturated carbocycles. The summed E-state index contributed by atoms with van der Waals surface area (Å²) >= 11 is 0. The van der Waals surface area contributed by atoms with E-state index in [2.05, 4.69) is 10.3 Å². The zero-order chi connectivity index (χ0) is 11.0. The third-order valence-electron chi connectivity index (χ3n) is 2.80. The van der Waals surface area contributed by atoms with E-state index < -0.39 is 0 Å². The Hall–Kier alpha value is -1.68. The summed E-state index contributed by atoms with van der Waals surface area (Å²) in [6, 6.07) is 6.15. The summed E-state index contributed by atoms with van der Waals surface area (Å²) in [7, 11) is 0. The number of nitrogens with one attached hydrogen (secondary N) is 1. The quantitative estimate of drug-likeness (QED) is 0.839. The van der Waals surface area contributed by atoms with Crippen molar-refractivity contribution in [2.45, 2.75) is 5.92 Å². The Labute approximate surface area is 92.3 Å². The summed E-state index contributed by atoms with van der Waals surface area (Å²) in [4.78, 5) is 4.20. The van der Waals surface area contributed by atoms with Crippen LogP contribution >= 0.6 is 0 Å². The van der Waals surface area contributed by atoms with Crippen LogP contribution in [0.2, 0.25) is 0 Å². The molecule has 16 heavy (non-hydrogen) atoms. The first-order valence-electron chi connectivity index (χ1n) is 5.25. The van der Waals surface area contributed by atoms with Crippen molar-refractivity contribution >= 4 is 0 Å². The minimum Gasteiger partial charge on any atom is -0.441 e. The van der Waals surface area contributed by atoms with Crippen LogP contribution in [0.25, 0.3) is 11.5 Å². The van der Waals surface area contributed by atoms with Crippen molar-refractivity contribution in [3.05, 3.63) is 42.0 Å². The molecular weight excluding hydrogens is 207 g/mol. The lowest BCUT2D eigenvalue weighted by Gasteiger charge is -2.24. The van der Waals surface area contributed by atoms with E-state index in [1.807, 2.05) is 0 Å². The predicted octanol–water partition coefficient (Wildman–Crippen LogP) is 2.17. The summed E-state index contributed by atoms with van der Waals surface area (Å²) in [6.07, 6.45) is 1.75. The van der Waals surface area contributed by atoms with Crippen molar-refractivity contribution < 1.29 is 8.81 Å². The molecule has 0 spiro atoms. The van der Waals surface area contributed by atoms with Gasteiger partial charge in [-0.25, -0.2) is 9.37 Å². The second-order valence-electron chi connectivity index (χ2n) is 3.93. The highest BCUT2D eigenvalue weighted by atomic mass is 19.1. The molecule has 3 nitrogen and oxygen atoms in total. The molecule has 1 aromatic heterocycles. The maximum Gasteiger partial charge on any atom is 0.226 e. The molecule has 82 valence electrons. The van der Waals surface area contributed by atoms with Gasteiger partial charge in [-0.3, -0.25) is 0 Å². The number of benzene rings is 1. The van der Waals surface area contributed by atoms with Crippen molar-refractivity contribution in [1.82, 2.24) is 10.3 Å². The Morgan fingerprint density at radius 1 is 1.25 bits per heavy atom. The zero-order valence-corrected chi connectivity index (χ0v) is 8.61. The summed E-state index contributed by atoms with van der Waals surface area (Å²) in [5, 5.41) is 3.18. The summed E-state index contributed by atoms with van der Waals surface area (Å²) < 4.78 is 18.4. The number of nitrogens with zero attached hydrogens (tertiary/aromatic N) is 1. The van der Waals surface area contributed by atoms with Gasteiger partial charge in [0.1, 0.15) is 11.6 Å². The van der Waals surface area contributed by atoms with Gasteiger partial charge in [-0.05, 0) is 24.3 Å². The van der Waals surface area contributed by atoms with Gasteiger partial charge in [0.2, 0.25) is 5.89 Å². The van der Waals surface area contributed by atoms with E-state index in [-0.39, 0.29) is 5.82 Å². The van der Waals surface area contributed by atoms with Gasteiger partial charge < -0.3 is 9.73 Å². The van der Waals surface area contributed by atoms with Crippen LogP contribution in [-0.4, -0.2) is 18.1 Å². The van der Waals surface area contributed by atoms with Crippen molar-refractivity contribution in [3.63, 3.8) is 0 Å². The van der Waals surface area contributed by atoms with E-state index in [9.17, 15) is 4.39 Å². The van der Waals surface area contributed by atoms with Crippen LogP contribution in [0.4, 0.5) is 4.39 Å². The zero-order valence-electron chi connectivity index (χ0n) is 8.61. The van der Waals surface area contributed by atoms with Crippen molar-refractivity contribution in [2.75, 3.05) is 13.1 Å². The molecule has 1 saturated heterocycles. The first-order chi connectivity index (χ1) is 7.83. The van der Waals surface area contributed by atoms with Gasteiger partial charge in [0, 0.05) is 24.6 Å². The third-order valence-corrected chi connectivity index (χ3v) is 2.80. The molecular formula is C12H11FN2O. The van der Waals surface area contributed by atoms with Crippen molar-refractivity contribution in [3.8, 4) is 11.5 Å². The van der Waals surface area contributed by atoms with Gasteiger partial charge in [0.25, 0.3) is 0 Å². The Morgan fingerprint density at radius 3 is 2.62 bits per heavy atom. The monoisotopic (exact) mass is 218 g/mol. The van der Waals surface area contributed by atoms with E-state index >= 15 is 0 Å². The minimum atomic E-state index is -0.251. The predicted molar refractivity (Wildman–Crippen MR) is 57.5 cm³/mol. The van der Waals surface area contributed by atoms with Crippen molar-refractivity contribution in [1.29, 1.82) is 0 Å². The standard InChI is InChI=1S/C12H11FN2O/c13-10-3-1-8(2-4-10)12-15-7-11(16-12)9-5-14-6-9/h1-4,7,9,14H,5-6H2. The first-order valence-corrected chi connectivity index (χ1v) is 5.25. The molecule has 3 rings (SSSR count). The topological polar surface area (TPSA) is 38.1 Å². The number of rotatable bonds is 2. The van der Waals surface area contributed by atoms with Crippen LogP contribution < -0.4 is 5.32 Å². The Kier molecular flexibility index (Phi) is 2.22. The Morgan fingerprint density at radius 2 is 2.00 bits per heavy atom. The molecule has 0 bridgehead atoms. The normalized spacial score (nSPS) is 16.1. The molecule has 0 atom stereocenters. The third kappa shape index (κ3) is 1.61. The lowest BCUT2D eigenvalue weighted by Crippen LogP contribution is -2.39. The molecule has 2 heterocycles. The van der Waals surface area contributed by atoms with Crippen LogP contribution in [0.15, 0.2) is 34.9 Å². The molecule has 1 fully saturated rings. The fourth-order valence-corrected chi connectivity index (χ4v) is 1.69. The van der Waals surface area contributed by atoms with E-state index in [1.54, 1.807) is 18.3 Å². The van der Waals surface area contributed by atoms with Gasteiger partial charge in [0.05, 0.1) is 6.20 Å². The van der Waals surface area contributed by atoms with E-state index in [0.717, 1.165) is 24.4 Å². The van der Waals surface area contributed by atoms with E-state index in [1.165, 1.54) is 12.1 Å². The average molecular weight is 218 g/mol. The van der Waals surface area contributed by atoms with Crippen LogP contribution in [-0.2, 0) is 0 Å². The second kappa shape index (κ2) is 3.72. The second-order valence-corrected chi connectivity index (χ2v) is 3.93. The van der Waals surface area contributed by atoms with Crippen LogP contribution in [0.5, 0.6) is 0 Å². The summed E-state index contributed by atoms with van der Waals surface area (Å²) in [5.74, 6) is 1.64. The van der Waals surface area contributed by atoms with Crippen LogP contribution in [0.3, 0.4) is 0 Å². The maximum atomic E-state index is 12.7. The highest BCUT2D eigenvalue weighted by Gasteiger charge is 2.23. The molecule has 1 aliphatic heterocycles. The molecule has 1 aliphatic rings. The molecule has 0 aliphatic carbocycles. The Bertz CT molecular complexity index is 488. The van der Waals surface area contributed by atoms with Crippen molar-refractivity contribution in [2.24, 2.45) is 0 Å². The van der Waals surface area contributed by atoms with E-state index in [4.69, 9.17) is 4.42 Å². The van der Waals surface area contributed by atoms with E-state index in [0.29, 0.717) is 11.8 Å². The highest BCUT2D eigenvalue weighted by molar-refractivity contribution is 5.52. The molecule has 1 N–H and O–H groups in total. The van der Waals surface area contributed by atoms with Gasteiger partial charge in [-0.15, -0.1) is 0 Å². The summed E-state index contributed by atoms with van der Waals surface area (Å²) in [5.41, 5.74) is 0.805. The molecule has 0 radical (unpaired) electrons. The molecule has 4 heteroatoms. The number of hydrogen-bond acceptors (Lipinski definition) is 3. The number of aromatic nitrogens is 1. The lowest BCUT2D eigenvalue weighted by molar-refractivity contribution is 0.373. The van der Waals surface area contributed by atoms with Gasteiger partial charge in [-0.2, -0.15) is 0 Å². The molecule has 0 unspecified atom stereocenters.